The highest BCUT2D eigenvalue weighted by atomic mass is 32.2. The molecule has 0 amide bonds. The van der Waals surface area contributed by atoms with Gasteiger partial charge in [-0.15, -0.1) is 0 Å². The molecule has 8 heteroatoms. The van der Waals surface area contributed by atoms with Crippen molar-refractivity contribution in [1.82, 2.24) is 4.72 Å². The van der Waals surface area contributed by atoms with Gasteiger partial charge in [0.25, 0.3) is 0 Å². The van der Waals surface area contributed by atoms with Crippen LogP contribution in [0.1, 0.15) is 20.3 Å². The second-order valence-electron chi connectivity index (χ2n) is 5.34. The van der Waals surface area contributed by atoms with Gasteiger partial charge in [0.05, 0.1) is 21.3 Å². The van der Waals surface area contributed by atoms with Crippen LogP contribution in [0.5, 0.6) is 11.5 Å². The average molecular weight is 345 g/mol. The Morgan fingerprint density at radius 1 is 1.17 bits per heavy atom. The van der Waals surface area contributed by atoms with Crippen molar-refractivity contribution in [2.24, 2.45) is 5.92 Å². The maximum atomic E-state index is 12.6. The van der Waals surface area contributed by atoms with Crippen LogP contribution >= 0.6 is 0 Å². The summed E-state index contributed by atoms with van der Waals surface area (Å²) in [5, 5.41) is 0. The topological polar surface area (TPSA) is 90.9 Å². The van der Waals surface area contributed by atoms with Crippen LogP contribution in [0.25, 0.3) is 0 Å². The van der Waals surface area contributed by atoms with Gasteiger partial charge in [0.15, 0.2) is 0 Å². The number of ether oxygens (including phenoxy) is 3. The van der Waals surface area contributed by atoms with Crippen molar-refractivity contribution < 1.29 is 27.4 Å². The molecule has 23 heavy (non-hydrogen) atoms. The van der Waals surface area contributed by atoms with E-state index in [0.717, 1.165) is 0 Å². The van der Waals surface area contributed by atoms with Gasteiger partial charge in [0.1, 0.15) is 22.4 Å². The number of nitrogens with one attached hydrogen (secondary N) is 1. The van der Waals surface area contributed by atoms with Crippen LogP contribution in [0.2, 0.25) is 0 Å². The first-order valence-corrected chi connectivity index (χ1v) is 8.55. The van der Waals surface area contributed by atoms with Gasteiger partial charge >= 0.3 is 5.97 Å². The van der Waals surface area contributed by atoms with Crippen LogP contribution in [-0.4, -0.2) is 41.8 Å². The number of carbonyl (C=O) groups excluding carboxylic acids is 1. The molecule has 0 radical (unpaired) electrons. The number of rotatable bonds is 8. The predicted molar refractivity (Wildman–Crippen MR) is 85.1 cm³/mol. The first-order chi connectivity index (χ1) is 10.7. The molecule has 0 aliphatic rings. The molecule has 0 aliphatic heterocycles. The molecule has 0 bridgehead atoms. The maximum Gasteiger partial charge on any atom is 0.323 e. The number of hydrogen-bond acceptors (Lipinski definition) is 6. The number of carbonyl (C=O) groups is 1. The van der Waals surface area contributed by atoms with Gasteiger partial charge in [-0.1, -0.05) is 13.8 Å². The standard InChI is InChI=1S/C15H23NO6S/c1-10(2)8-12(15(17)22-5)16-23(18,19)14-9-11(20-3)6-7-13(14)21-4/h6-7,9-10,12,16H,8H2,1-5H3. The van der Waals surface area contributed by atoms with Gasteiger partial charge in [0.2, 0.25) is 10.0 Å². The molecule has 0 aromatic heterocycles. The molecule has 130 valence electrons. The largest absolute Gasteiger partial charge is 0.497 e. The lowest BCUT2D eigenvalue weighted by Crippen LogP contribution is -2.42. The van der Waals surface area contributed by atoms with Crippen molar-refractivity contribution in [1.29, 1.82) is 0 Å². The SMILES string of the molecule is COC(=O)C(CC(C)C)NS(=O)(=O)c1cc(OC)ccc1OC. The minimum atomic E-state index is -3.99. The van der Waals surface area contributed by atoms with Crippen molar-refractivity contribution in [3.05, 3.63) is 18.2 Å². The predicted octanol–water partition coefficient (Wildman–Crippen LogP) is 1.57. The normalized spacial score (nSPS) is 12.8. The molecule has 0 saturated heterocycles. The summed E-state index contributed by atoms with van der Waals surface area (Å²) in [4.78, 5) is 11.7. The summed E-state index contributed by atoms with van der Waals surface area (Å²) in [6.45, 7) is 3.77. The van der Waals surface area contributed by atoms with E-state index in [1.807, 2.05) is 13.8 Å². The quantitative estimate of drug-likeness (QED) is 0.719. The number of hydrogen-bond donors (Lipinski definition) is 1. The molecule has 1 aromatic rings. The molecule has 0 saturated carbocycles. The summed E-state index contributed by atoms with van der Waals surface area (Å²) in [5.74, 6) is -0.00532. The maximum absolute atomic E-state index is 12.6. The first-order valence-electron chi connectivity index (χ1n) is 7.07. The van der Waals surface area contributed by atoms with Gasteiger partial charge in [-0.25, -0.2) is 8.42 Å². The van der Waals surface area contributed by atoms with Gasteiger partial charge in [-0.3, -0.25) is 4.79 Å². The molecule has 0 heterocycles. The summed E-state index contributed by atoms with van der Waals surface area (Å²) >= 11 is 0. The Bertz CT molecular complexity index is 641. The smallest absolute Gasteiger partial charge is 0.323 e. The molecule has 1 unspecified atom stereocenters. The van der Waals surface area contributed by atoms with E-state index in [0.29, 0.717) is 12.2 Å². The highest BCUT2D eigenvalue weighted by molar-refractivity contribution is 7.89. The highest BCUT2D eigenvalue weighted by Crippen LogP contribution is 2.28. The van der Waals surface area contributed by atoms with Crippen LogP contribution in [0, 0.1) is 5.92 Å². The molecule has 1 aromatic carbocycles. The Balaban J connectivity index is 3.21. The van der Waals surface area contributed by atoms with Crippen molar-refractivity contribution in [2.45, 2.75) is 31.2 Å². The van der Waals surface area contributed by atoms with Crippen molar-refractivity contribution in [3.63, 3.8) is 0 Å². The third kappa shape index (κ3) is 5.11. The fourth-order valence-corrected chi connectivity index (χ4v) is 3.43. The first kappa shape index (κ1) is 19.2. The van der Waals surface area contributed by atoms with E-state index in [4.69, 9.17) is 9.47 Å². The summed E-state index contributed by atoms with van der Waals surface area (Å²) in [6, 6.07) is 3.44. The molecule has 0 aliphatic carbocycles. The van der Waals surface area contributed by atoms with E-state index >= 15 is 0 Å². The van der Waals surface area contributed by atoms with Crippen molar-refractivity contribution in [2.75, 3.05) is 21.3 Å². The van der Waals surface area contributed by atoms with E-state index in [2.05, 4.69) is 9.46 Å². The van der Waals surface area contributed by atoms with Crippen molar-refractivity contribution in [3.8, 4) is 11.5 Å². The van der Waals surface area contributed by atoms with Crippen LogP contribution in [-0.2, 0) is 19.6 Å². The van der Waals surface area contributed by atoms with Gasteiger partial charge in [-0.05, 0) is 24.5 Å². The monoisotopic (exact) mass is 345 g/mol. The third-order valence-corrected chi connectivity index (χ3v) is 4.64. The second kappa shape index (κ2) is 8.16. The van der Waals surface area contributed by atoms with E-state index in [9.17, 15) is 13.2 Å². The van der Waals surface area contributed by atoms with E-state index < -0.39 is 22.0 Å². The van der Waals surface area contributed by atoms with Crippen LogP contribution in [0.3, 0.4) is 0 Å². The molecular formula is C15H23NO6S. The summed E-state index contributed by atoms with van der Waals surface area (Å²) in [6.07, 6.45) is 0.318. The van der Waals surface area contributed by atoms with E-state index in [1.165, 1.54) is 33.5 Å². The van der Waals surface area contributed by atoms with Gasteiger partial charge in [-0.2, -0.15) is 4.72 Å². The molecule has 1 atom stereocenters. The van der Waals surface area contributed by atoms with Gasteiger partial charge in [0, 0.05) is 6.07 Å². The zero-order chi connectivity index (χ0) is 17.6. The lowest BCUT2D eigenvalue weighted by Gasteiger charge is -2.19. The molecule has 7 nitrogen and oxygen atoms in total. The molecule has 1 rings (SSSR count). The van der Waals surface area contributed by atoms with Crippen LogP contribution in [0.15, 0.2) is 23.1 Å². The van der Waals surface area contributed by atoms with E-state index in [1.54, 1.807) is 6.07 Å². The molecule has 0 fully saturated rings. The average Bonchev–Trinajstić information content (AvgIpc) is 2.52. The minimum absolute atomic E-state index is 0.1000. The van der Waals surface area contributed by atoms with Crippen molar-refractivity contribution >= 4 is 16.0 Å². The zero-order valence-electron chi connectivity index (χ0n) is 14.0. The number of benzene rings is 1. The number of esters is 1. The third-order valence-electron chi connectivity index (χ3n) is 3.15. The summed E-state index contributed by atoms with van der Waals surface area (Å²) in [7, 11) is 0.0269. The highest BCUT2D eigenvalue weighted by Gasteiger charge is 2.29. The fraction of sp³-hybridized carbons (Fsp3) is 0.533. The second-order valence-corrected chi connectivity index (χ2v) is 7.03. The van der Waals surface area contributed by atoms with E-state index in [-0.39, 0.29) is 16.6 Å². The fourth-order valence-electron chi connectivity index (χ4n) is 2.05. The Labute approximate surface area is 137 Å². The zero-order valence-corrected chi connectivity index (χ0v) is 14.8. The number of methoxy groups -OCH3 is 3. The summed E-state index contributed by atoms with van der Waals surface area (Å²) in [5.41, 5.74) is 0. The Kier molecular flexibility index (Phi) is 6.83. The van der Waals surface area contributed by atoms with Crippen LogP contribution < -0.4 is 14.2 Å². The van der Waals surface area contributed by atoms with Gasteiger partial charge < -0.3 is 14.2 Å². The molecule has 0 spiro atoms. The summed E-state index contributed by atoms with van der Waals surface area (Å²) < 4.78 is 42.5. The molecular weight excluding hydrogens is 322 g/mol. The lowest BCUT2D eigenvalue weighted by atomic mass is 10.1. The number of sulfonamides is 1. The molecule has 1 N–H and O–H groups in total. The van der Waals surface area contributed by atoms with Crippen LogP contribution in [0.4, 0.5) is 0 Å². The lowest BCUT2D eigenvalue weighted by molar-refractivity contribution is -0.143. The Morgan fingerprint density at radius 3 is 2.30 bits per heavy atom. The minimum Gasteiger partial charge on any atom is -0.497 e. The Hall–Kier alpha value is -1.80. The Morgan fingerprint density at radius 2 is 1.83 bits per heavy atom.